The van der Waals surface area contributed by atoms with E-state index >= 15 is 0 Å². The van der Waals surface area contributed by atoms with Crippen molar-refractivity contribution in [3.63, 3.8) is 0 Å². The van der Waals surface area contributed by atoms with Crippen molar-refractivity contribution >= 4 is 0 Å². The highest BCUT2D eigenvalue weighted by molar-refractivity contribution is 5.17. The Morgan fingerprint density at radius 2 is 1.73 bits per heavy atom. The third-order valence-corrected chi connectivity index (χ3v) is 1.55. The van der Waals surface area contributed by atoms with Gasteiger partial charge in [0.05, 0.1) is 0 Å². The third-order valence-electron chi connectivity index (χ3n) is 1.55. The fourth-order valence-corrected chi connectivity index (χ4v) is 0.827. The first-order valence-corrected chi connectivity index (χ1v) is 3.60. The summed E-state index contributed by atoms with van der Waals surface area (Å²) in [7, 11) is 1.00. The largest absolute Gasteiger partial charge is 0.400 e. The number of aryl methyl sites for hydroxylation is 3. The number of aliphatic hydroxyl groups is 1. The summed E-state index contributed by atoms with van der Waals surface area (Å²) in [6.07, 6.45) is 2.02. The SMILES string of the molecule is CO.Cc1c[nH+]c(C)c(C)c1. The first kappa shape index (κ1) is 10.1. The first-order valence-electron chi connectivity index (χ1n) is 3.60. The van der Waals surface area contributed by atoms with E-state index in [1.54, 1.807) is 0 Å². The molecule has 11 heavy (non-hydrogen) atoms. The number of H-pyrrole nitrogens is 1. The van der Waals surface area contributed by atoms with Crippen LogP contribution in [0.1, 0.15) is 16.8 Å². The van der Waals surface area contributed by atoms with Crippen molar-refractivity contribution in [3.05, 3.63) is 29.1 Å². The molecule has 0 saturated heterocycles. The maximum Gasteiger partial charge on any atom is 0.179 e. The molecular formula is C9H16NO+. The van der Waals surface area contributed by atoms with Crippen molar-refractivity contribution in [1.29, 1.82) is 0 Å². The highest BCUT2D eigenvalue weighted by Gasteiger charge is 1.97. The van der Waals surface area contributed by atoms with Crippen LogP contribution >= 0.6 is 0 Å². The summed E-state index contributed by atoms with van der Waals surface area (Å²) >= 11 is 0. The number of aromatic amines is 1. The Hall–Kier alpha value is -0.890. The molecule has 1 rings (SSSR count). The second kappa shape index (κ2) is 4.85. The molecule has 0 aliphatic carbocycles. The quantitative estimate of drug-likeness (QED) is 0.595. The van der Waals surface area contributed by atoms with Crippen LogP contribution in [-0.4, -0.2) is 12.2 Å². The van der Waals surface area contributed by atoms with Crippen molar-refractivity contribution in [2.75, 3.05) is 7.11 Å². The lowest BCUT2D eigenvalue weighted by Crippen LogP contribution is -2.08. The molecule has 0 amide bonds. The smallest absolute Gasteiger partial charge is 0.179 e. The summed E-state index contributed by atoms with van der Waals surface area (Å²) < 4.78 is 0. The van der Waals surface area contributed by atoms with E-state index in [0.29, 0.717) is 0 Å². The minimum absolute atomic E-state index is 1.00. The Bertz CT molecular complexity index is 221. The standard InChI is InChI=1S/C8H11N.CH4O/c1-6-4-7(2)8(3)9-5-6;1-2/h4-5H,1-3H3;2H,1H3/p+1. The maximum atomic E-state index is 7.00. The predicted molar refractivity (Wildman–Crippen MR) is 45.4 cm³/mol. The Labute approximate surface area is 67.9 Å². The summed E-state index contributed by atoms with van der Waals surface area (Å²) in [5, 5.41) is 7.00. The second-order valence-corrected chi connectivity index (χ2v) is 2.49. The van der Waals surface area contributed by atoms with E-state index in [2.05, 4.69) is 31.8 Å². The van der Waals surface area contributed by atoms with Crippen molar-refractivity contribution in [2.24, 2.45) is 0 Å². The molecule has 0 bridgehead atoms. The second-order valence-electron chi connectivity index (χ2n) is 2.49. The minimum atomic E-state index is 1.00. The Kier molecular flexibility index (Phi) is 4.46. The van der Waals surface area contributed by atoms with Crippen LogP contribution in [0.4, 0.5) is 0 Å². The maximum absolute atomic E-state index is 7.00. The fourth-order valence-electron chi connectivity index (χ4n) is 0.827. The van der Waals surface area contributed by atoms with E-state index in [-0.39, 0.29) is 0 Å². The van der Waals surface area contributed by atoms with Crippen molar-refractivity contribution in [2.45, 2.75) is 20.8 Å². The number of aliphatic hydroxyl groups excluding tert-OH is 1. The molecule has 0 aliphatic rings. The van der Waals surface area contributed by atoms with E-state index in [4.69, 9.17) is 5.11 Å². The van der Waals surface area contributed by atoms with Gasteiger partial charge in [-0.25, -0.2) is 4.98 Å². The van der Waals surface area contributed by atoms with E-state index in [1.807, 2.05) is 6.20 Å². The van der Waals surface area contributed by atoms with Crippen molar-refractivity contribution in [3.8, 4) is 0 Å². The lowest BCUT2D eigenvalue weighted by molar-refractivity contribution is -0.388. The molecule has 0 spiro atoms. The zero-order chi connectivity index (χ0) is 8.85. The molecular weight excluding hydrogens is 138 g/mol. The molecule has 0 unspecified atom stereocenters. The highest BCUT2D eigenvalue weighted by Crippen LogP contribution is 2.00. The molecule has 1 aromatic rings. The molecule has 2 nitrogen and oxygen atoms in total. The minimum Gasteiger partial charge on any atom is -0.400 e. The molecule has 2 heteroatoms. The average molecular weight is 154 g/mol. The Morgan fingerprint density at radius 3 is 2.09 bits per heavy atom. The van der Waals surface area contributed by atoms with E-state index in [9.17, 15) is 0 Å². The number of pyridine rings is 1. The number of nitrogens with one attached hydrogen (secondary N) is 1. The lowest BCUT2D eigenvalue weighted by Gasteiger charge is -1.91. The van der Waals surface area contributed by atoms with Crippen LogP contribution < -0.4 is 4.98 Å². The van der Waals surface area contributed by atoms with Gasteiger partial charge in [-0.1, -0.05) is 0 Å². The van der Waals surface area contributed by atoms with Gasteiger partial charge >= 0.3 is 0 Å². The lowest BCUT2D eigenvalue weighted by atomic mass is 10.2. The van der Waals surface area contributed by atoms with Crippen molar-refractivity contribution in [1.82, 2.24) is 0 Å². The molecule has 1 aromatic heterocycles. The topological polar surface area (TPSA) is 34.4 Å². The van der Waals surface area contributed by atoms with Crippen LogP contribution in [0.15, 0.2) is 12.3 Å². The fraction of sp³-hybridized carbons (Fsp3) is 0.444. The number of hydrogen-bond donors (Lipinski definition) is 1. The molecule has 62 valence electrons. The summed E-state index contributed by atoms with van der Waals surface area (Å²) in [6, 6.07) is 2.17. The Balaban J connectivity index is 0.000000461. The molecule has 0 saturated carbocycles. The van der Waals surface area contributed by atoms with Crippen LogP contribution in [-0.2, 0) is 0 Å². The number of hydrogen-bond acceptors (Lipinski definition) is 1. The van der Waals surface area contributed by atoms with Crippen LogP contribution in [0.2, 0.25) is 0 Å². The zero-order valence-electron chi connectivity index (χ0n) is 7.60. The van der Waals surface area contributed by atoms with Crippen molar-refractivity contribution < 1.29 is 10.1 Å². The normalized spacial score (nSPS) is 8.45. The summed E-state index contributed by atoms with van der Waals surface area (Å²) in [6.45, 7) is 6.27. The summed E-state index contributed by atoms with van der Waals surface area (Å²) in [4.78, 5) is 3.17. The van der Waals surface area contributed by atoms with Gasteiger partial charge in [0.1, 0.15) is 0 Å². The van der Waals surface area contributed by atoms with Gasteiger partial charge in [0, 0.05) is 25.2 Å². The molecule has 0 fully saturated rings. The summed E-state index contributed by atoms with van der Waals surface area (Å²) in [5.41, 5.74) is 3.87. The van der Waals surface area contributed by atoms with Gasteiger partial charge in [0.25, 0.3) is 0 Å². The van der Waals surface area contributed by atoms with Crippen LogP contribution in [0, 0.1) is 20.8 Å². The molecule has 0 aliphatic heterocycles. The van der Waals surface area contributed by atoms with Gasteiger partial charge < -0.3 is 5.11 Å². The van der Waals surface area contributed by atoms with Gasteiger partial charge in [-0.15, -0.1) is 0 Å². The van der Waals surface area contributed by atoms with Gasteiger partial charge in [0.2, 0.25) is 0 Å². The molecule has 2 N–H and O–H groups in total. The molecule has 0 radical (unpaired) electrons. The predicted octanol–water partition coefficient (Wildman–Crippen LogP) is 1.03. The molecule has 0 aromatic carbocycles. The highest BCUT2D eigenvalue weighted by atomic mass is 16.2. The first-order chi connectivity index (χ1) is 5.20. The van der Waals surface area contributed by atoms with Gasteiger partial charge in [0.15, 0.2) is 11.9 Å². The third kappa shape index (κ3) is 3.14. The summed E-state index contributed by atoms with van der Waals surface area (Å²) in [5.74, 6) is 0. The monoisotopic (exact) mass is 154 g/mol. The van der Waals surface area contributed by atoms with Gasteiger partial charge in [-0.05, 0) is 19.9 Å². The molecule has 0 atom stereocenters. The van der Waals surface area contributed by atoms with Crippen LogP contribution in [0.25, 0.3) is 0 Å². The van der Waals surface area contributed by atoms with E-state index < -0.39 is 0 Å². The number of rotatable bonds is 0. The molecule has 1 heterocycles. The number of aromatic nitrogens is 1. The van der Waals surface area contributed by atoms with E-state index in [0.717, 1.165) is 7.11 Å². The van der Waals surface area contributed by atoms with Crippen LogP contribution in [0.3, 0.4) is 0 Å². The van der Waals surface area contributed by atoms with Gasteiger partial charge in [-0.2, -0.15) is 0 Å². The van der Waals surface area contributed by atoms with Gasteiger partial charge in [-0.3, -0.25) is 0 Å². The average Bonchev–Trinajstić information content (AvgIpc) is 2.02. The Morgan fingerprint density at radius 1 is 1.18 bits per heavy atom. The zero-order valence-corrected chi connectivity index (χ0v) is 7.60. The van der Waals surface area contributed by atoms with Crippen LogP contribution in [0.5, 0.6) is 0 Å². The van der Waals surface area contributed by atoms with E-state index in [1.165, 1.54) is 16.8 Å².